The first-order valence-electron chi connectivity index (χ1n) is 5.79. The molecule has 0 aliphatic heterocycles. The summed E-state index contributed by atoms with van der Waals surface area (Å²) in [5.74, 6) is 0.208. The number of hydrogen-bond acceptors (Lipinski definition) is 4. The Bertz CT molecular complexity index is 621. The van der Waals surface area contributed by atoms with Crippen LogP contribution >= 0.6 is 0 Å². The number of carbonyl (C=O) groups excluding carboxylic acids is 1. The third-order valence-corrected chi connectivity index (χ3v) is 2.65. The van der Waals surface area contributed by atoms with Gasteiger partial charge in [0.05, 0.1) is 0 Å². The van der Waals surface area contributed by atoms with E-state index in [0.717, 1.165) is 11.3 Å². The number of amides is 1. The van der Waals surface area contributed by atoms with Crippen molar-refractivity contribution in [3.63, 3.8) is 0 Å². The Morgan fingerprint density at radius 2 is 1.84 bits per heavy atom. The number of anilines is 1. The minimum atomic E-state index is -0.560. The quantitative estimate of drug-likeness (QED) is 0.824. The first kappa shape index (κ1) is 12.9. The molecule has 1 aromatic carbocycles. The van der Waals surface area contributed by atoms with Crippen molar-refractivity contribution in [2.24, 2.45) is 5.73 Å². The normalized spacial score (nSPS) is 10.2. The van der Waals surface area contributed by atoms with Crippen molar-refractivity contribution < 1.29 is 9.53 Å². The summed E-state index contributed by atoms with van der Waals surface area (Å²) < 4.78 is 5.62. The average Bonchev–Trinajstić information content (AvgIpc) is 2.30. The van der Waals surface area contributed by atoms with Crippen molar-refractivity contribution in [3.05, 3.63) is 47.2 Å². The summed E-state index contributed by atoms with van der Waals surface area (Å²) in [6.45, 7) is 3.62. The van der Waals surface area contributed by atoms with Crippen LogP contribution < -0.4 is 16.2 Å². The summed E-state index contributed by atoms with van der Waals surface area (Å²) in [4.78, 5) is 15.7. The highest BCUT2D eigenvalue weighted by atomic mass is 16.5. The van der Waals surface area contributed by atoms with Crippen LogP contribution in [0.4, 0.5) is 5.69 Å². The van der Waals surface area contributed by atoms with Gasteiger partial charge in [-0.25, -0.2) is 4.98 Å². The first-order valence-corrected chi connectivity index (χ1v) is 5.79. The molecule has 0 aliphatic rings. The molecule has 0 unspecified atom stereocenters. The van der Waals surface area contributed by atoms with Crippen molar-refractivity contribution in [2.45, 2.75) is 13.8 Å². The van der Waals surface area contributed by atoms with Crippen molar-refractivity contribution >= 4 is 11.6 Å². The Morgan fingerprint density at radius 1 is 1.21 bits per heavy atom. The van der Waals surface area contributed by atoms with Crippen LogP contribution in [0.3, 0.4) is 0 Å². The maximum absolute atomic E-state index is 11.5. The lowest BCUT2D eigenvalue weighted by molar-refractivity contribution is 0.0997. The molecule has 0 bridgehead atoms. The molecule has 0 saturated heterocycles. The number of aryl methyl sites for hydroxylation is 2. The molecule has 2 rings (SSSR count). The van der Waals surface area contributed by atoms with Gasteiger partial charge in [-0.2, -0.15) is 0 Å². The van der Waals surface area contributed by atoms with Gasteiger partial charge >= 0.3 is 0 Å². The van der Waals surface area contributed by atoms with Crippen LogP contribution in [0.15, 0.2) is 30.3 Å². The number of nitrogens with zero attached hydrogens (tertiary/aromatic N) is 1. The fourth-order valence-corrected chi connectivity index (χ4v) is 1.82. The number of nitrogen functional groups attached to an aromatic ring is 1. The van der Waals surface area contributed by atoms with Crippen molar-refractivity contribution in [3.8, 4) is 11.6 Å². The van der Waals surface area contributed by atoms with Crippen LogP contribution in [0.1, 0.15) is 21.6 Å². The molecule has 0 aliphatic carbocycles. The van der Waals surface area contributed by atoms with E-state index in [-0.39, 0.29) is 5.88 Å². The summed E-state index contributed by atoms with van der Waals surface area (Å²) in [7, 11) is 0. The van der Waals surface area contributed by atoms with Gasteiger partial charge in [0, 0.05) is 11.4 Å². The Hall–Kier alpha value is -2.56. The summed E-state index contributed by atoms with van der Waals surface area (Å²) in [6, 6.07) is 8.62. The number of ether oxygens (including phenoxy) is 1. The number of benzene rings is 1. The van der Waals surface area contributed by atoms with E-state index in [9.17, 15) is 4.79 Å². The maximum atomic E-state index is 11.5. The molecule has 0 radical (unpaired) electrons. The Morgan fingerprint density at radius 3 is 2.42 bits per heavy atom. The number of carbonyl (C=O) groups is 1. The van der Waals surface area contributed by atoms with E-state index >= 15 is 0 Å². The third kappa shape index (κ3) is 2.82. The van der Waals surface area contributed by atoms with E-state index in [2.05, 4.69) is 4.98 Å². The molecule has 0 atom stereocenters. The smallest absolute Gasteiger partial charge is 0.254 e. The molecular weight excluding hydrogens is 242 g/mol. The van der Waals surface area contributed by atoms with E-state index in [1.807, 2.05) is 6.92 Å². The zero-order valence-corrected chi connectivity index (χ0v) is 10.8. The van der Waals surface area contributed by atoms with Gasteiger partial charge < -0.3 is 16.2 Å². The topological polar surface area (TPSA) is 91.2 Å². The van der Waals surface area contributed by atoms with Gasteiger partial charge in [0.25, 0.3) is 5.91 Å². The van der Waals surface area contributed by atoms with Gasteiger partial charge in [0.15, 0.2) is 0 Å². The standard InChI is InChI=1S/C14H15N3O2/c1-8-7-9(2)17-14(12(8)13(16)18)19-11-5-3-10(15)4-6-11/h3-7H,15H2,1-2H3,(H2,16,18). The number of aromatic nitrogens is 1. The molecule has 1 amide bonds. The van der Waals surface area contributed by atoms with E-state index < -0.39 is 5.91 Å². The maximum Gasteiger partial charge on any atom is 0.254 e. The molecule has 19 heavy (non-hydrogen) atoms. The van der Waals surface area contributed by atoms with Crippen molar-refractivity contribution in [1.29, 1.82) is 0 Å². The molecule has 5 nitrogen and oxygen atoms in total. The Labute approximate surface area is 111 Å². The highest BCUT2D eigenvalue weighted by Gasteiger charge is 2.16. The van der Waals surface area contributed by atoms with Gasteiger partial charge in [-0.15, -0.1) is 0 Å². The molecule has 5 heteroatoms. The second-order valence-corrected chi connectivity index (χ2v) is 4.30. The summed E-state index contributed by atoms with van der Waals surface area (Å²) in [5, 5.41) is 0. The predicted octanol–water partition coefficient (Wildman–Crippen LogP) is 2.17. The lowest BCUT2D eigenvalue weighted by atomic mass is 10.1. The lowest BCUT2D eigenvalue weighted by Gasteiger charge is -2.11. The van der Waals surface area contributed by atoms with Crippen LogP contribution in [-0.2, 0) is 0 Å². The lowest BCUT2D eigenvalue weighted by Crippen LogP contribution is -2.15. The Balaban J connectivity index is 2.44. The van der Waals surface area contributed by atoms with Gasteiger partial charge in [-0.1, -0.05) is 0 Å². The fourth-order valence-electron chi connectivity index (χ4n) is 1.82. The predicted molar refractivity (Wildman–Crippen MR) is 73.2 cm³/mol. The minimum absolute atomic E-state index is 0.217. The monoisotopic (exact) mass is 257 g/mol. The van der Waals surface area contributed by atoms with Crippen LogP contribution in [0, 0.1) is 13.8 Å². The van der Waals surface area contributed by atoms with E-state index in [0.29, 0.717) is 17.0 Å². The zero-order chi connectivity index (χ0) is 14.0. The van der Waals surface area contributed by atoms with Crippen LogP contribution in [-0.4, -0.2) is 10.9 Å². The molecule has 98 valence electrons. The van der Waals surface area contributed by atoms with Crippen molar-refractivity contribution in [2.75, 3.05) is 5.73 Å². The van der Waals surface area contributed by atoms with Crippen LogP contribution in [0.2, 0.25) is 0 Å². The molecule has 2 aromatic rings. The number of rotatable bonds is 3. The molecule has 1 aromatic heterocycles. The van der Waals surface area contributed by atoms with Gasteiger partial charge in [0.1, 0.15) is 11.3 Å². The average molecular weight is 257 g/mol. The zero-order valence-electron chi connectivity index (χ0n) is 10.8. The highest BCUT2D eigenvalue weighted by Crippen LogP contribution is 2.26. The van der Waals surface area contributed by atoms with E-state index in [1.54, 1.807) is 37.3 Å². The number of hydrogen-bond donors (Lipinski definition) is 2. The minimum Gasteiger partial charge on any atom is -0.438 e. The molecule has 0 fully saturated rings. The fraction of sp³-hybridized carbons (Fsp3) is 0.143. The molecule has 0 saturated carbocycles. The van der Waals surface area contributed by atoms with Gasteiger partial charge in [0.2, 0.25) is 5.88 Å². The highest BCUT2D eigenvalue weighted by molar-refractivity contribution is 5.96. The van der Waals surface area contributed by atoms with Gasteiger partial charge in [-0.3, -0.25) is 4.79 Å². The summed E-state index contributed by atoms with van der Waals surface area (Å²) >= 11 is 0. The number of nitrogens with two attached hydrogens (primary N) is 2. The summed E-state index contributed by atoms with van der Waals surface area (Å²) in [5.41, 5.74) is 13.4. The summed E-state index contributed by atoms with van der Waals surface area (Å²) in [6.07, 6.45) is 0. The molecule has 0 spiro atoms. The van der Waals surface area contributed by atoms with Crippen LogP contribution in [0.25, 0.3) is 0 Å². The molecule has 4 N–H and O–H groups in total. The number of primary amides is 1. The van der Waals surface area contributed by atoms with E-state index in [4.69, 9.17) is 16.2 Å². The molecular formula is C14H15N3O2. The number of pyridine rings is 1. The van der Waals surface area contributed by atoms with E-state index in [1.165, 1.54) is 0 Å². The van der Waals surface area contributed by atoms with Gasteiger partial charge in [-0.05, 0) is 49.7 Å². The van der Waals surface area contributed by atoms with Crippen LogP contribution in [0.5, 0.6) is 11.6 Å². The largest absolute Gasteiger partial charge is 0.438 e. The second-order valence-electron chi connectivity index (χ2n) is 4.30. The molecule has 1 heterocycles. The Kier molecular flexibility index (Phi) is 3.37. The third-order valence-electron chi connectivity index (χ3n) is 2.65. The second kappa shape index (κ2) is 4.97. The van der Waals surface area contributed by atoms with Crippen molar-refractivity contribution in [1.82, 2.24) is 4.98 Å². The first-order chi connectivity index (χ1) is 8.97. The SMILES string of the molecule is Cc1cc(C)c(C(N)=O)c(Oc2ccc(N)cc2)n1.